The zero-order chi connectivity index (χ0) is 44.0. The Bertz CT molecular complexity index is 2550. The zero-order valence-electron chi connectivity index (χ0n) is 34.9. The minimum atomic E-state index is -0.923. The first-order chi connectivity index (χ1) is 30.6. The lowest BCUT2D eigenvalue weighted by Crippen LogP contribution is -2.43. The van der Waals surface area contributed by atoms with Crippen LogP contribution in [-0.2, 0) is 19.1 Å². The molecule has 2 saturated heterocycles. The summed E-state index contributed by atoms with van der Waals surface area (Å²) in [5.74, 6) is 0.772. The third kappa shape index (κ3) is 9.30. The molecule has 14 nitrogen and oxygen atoms in total. The summed E-state index contributed by atoms with van der Waals surface area (Å²) in [5, 5.41) is 6.00. The van der Waals surface area contributed by atoms with E-state index in [1.165, 1.54) is 14.2 Å². The number of aromatic nitrogens is 4. The number of nitrogens with zero attached hydrogens (tertiary/aromatic N) is 4. The molecule has 6 aromatic rings. The number of amides is 4. The SMILES string of the molecule is COC(=O)N[C@H](C(=O)N1CCC[C@H]1c1nc(-c2ccc(-c3ccc(-c4cnc([C@@H]5C[C@H](SC)CN5C(=O)[C@H](NC(=O)OC)c5ccccc5)[nH]4)cc3)cc2)c(Cl)[nH]1)c1ccccc1. The summed E-state index contributed by atoms with van der Waals surface area (Å²) in [6.07, 6.45) is 4.62. The quantitative estimate of drug-likeness (QED) is 0.0938. The minimum Gasteiger partial charge on any atom is -0.453 e. The van der Waals surface area contributed by atoms with Gasteiger partial charge in [-0.15, -0.1) is 0 Å². The number of hydrogen-bond donors (Lipinski definition) is 4. The number of nitrogens with one attached hydrogen (secondary N) is 4. The number of rotatable bonds is 12. The Kier molecular flexibility index (Phi) is 13.1. The summed E-state index contributed by atoms with van der Waals surface area (Å²) in [4.78, 5) is 72.6. The third-order valence-corrected chi connectivity index (χ3v) is 12.9. The van der Waals surface area contributed by atoms with Gasteiger partial charge in [0.2, 0.25) is 0 Å². The van der Waals surface area contributed by atoms with Crippen LogP contribution in [0.2, 0.25) is 5.15 Å². The van der Waals surface area contributed by atoms with Crippen molar-refractivity contribution in [3.8, 4) is 33.6 Å². The first-order valence-electron chi connectivity index (χ1n) is 20.6. The zero-order valence-corrected chi connectivity index (χ0v) is 36.5. The van der Waals surface area contributed by atoms with Crippen molar-refractivity contribution in [2.75, 3.05) is 33.6 Å². The Morgan fingerprint density at radius 1 is 0.714 bits per heavy atom. The number of carbonyl (C=O) groups is 4. The van der Waals surface area contributed by atoms with Crippen molar-refractivity contribution < 1.29 is 28.7 Å². The van der Waals surface area contributed by atoms with Gasteiger partial charge in [-0.1, -0.05) is 121 Å². The Labute approximate surface area is 374 Å². The van der Waals surface area contributed by atoms with Crippen LogP contribution in [0.1, 0.15) is 66.2 Å². The van der Waals surface area contributed by atoms with E-state index in [2.05, 4.69) is 20.6 Å². The fourth-order valence-electron chi connectivity index (χ4n) is 8.37. The van der Waals surface area contributed by atoms with E-state index in [1.54, 1.807) is 39.9 Å². The van der Waals surface area contributed by atoms with Crippen LogP contribution in [0.3, 0.4) is 0 Å². The van der Waals surface area contributed by atoms with Crippen molar-refractivity contribution in [1.29, 1.82) is 0 Å². The lowest BCUT2D eigenvalue weighted by atomic mass is 10.0. The summed E-state index contributed by atoms with van der Waals surface area (Å²) in [5.41, 5.74) is 6.48. The number of methoxy groups -OCH3 is 2. The van der Waals surface area contributed by atoms with Gasteiger partial charge in [0, 0.05) is 23.9 Å². The molecule has 4 N–H and O–H groups in total. The summed E-state index contributed by atoms with van der Waals surface area (Å²) < 4.78 is 9.69. The van der Waals surface area contributed by atoms with Gasteiger partial charge in [0.1, 0.15) is 34.6 Å². The number of carbonyl (C=O) groups excluding carboxylic acids is 4. The Morgan fingerprint density at radius 2 is 1.25 bits per heavy atom. The summed E-state index contributed by atoms with van der Waals surface area (Å²) in [6.45, 7) is 1.02. The van der Waals surface area contributed by atoms with Gasteiger partial charge in [-0.25, -0.2) is 19.6 Å². The van der Waals surface area contributed by atoms with Gasteiger partial charge in [0.05, 0.1) is 38.2 Å². The highest BCUT2D eigenvalue weighted by Gasteiger charge is 2.41. The highest BCUT2D eigenvalue weighted by Crippen LogP contribution is 2.39. The van der Waals surface area contributed by atoms with Gasteiger partial charge in [-0.05, 0) is 53.3 Å². The molecular weight excluding hydrogens is 840 g/mol. The molecule has 4 amide bonds. The lowest BCUT2D eigenvalue weighted by Gasteiger charge is -2.28. The molecule has 63 heavy (non-hydrogen) atoms. The van der Waals surface area contributed by atoms with Crippen molar-refractivity contribution in [2.45, 2.75) is 48.7 Å². The summed E-state index contributed by atoms with van der Waals surface area (Å²) in [6, 6.07) is 31.9. The van der Waals surface area contributed by atoms with Gasteiger partial charge < -0.3 is 39.9 Å². The van der Waals surface area contributed by atoms with Crippen LogP contribution >= 0.6 is 23.4 Å². The number of thioether (sulfide) groups is 1. The van der Waals surface area contributed by atoms with Crippen LogP contribution in [0.25, 0.3) is 33.6 Å². The molecule has 2 aliphatic rings. The number of aromatic amines is 2. The fourth-order valence-corrected chi connectivity index (χ4v) is 9.30. The first kappa shape index (κ1) is 43.1. The van der Waals surface area contributed by atoms with E-state index < -0.39 is 24.3 Å². The normalized spacial score (nSPS) is 18.1. The number of imidazole rings is 2. The molecule has 0 bridgehead atoms. The molecule has 4 aromatic carbocycles. The van der Waals surface area contributed by atoms with Crippen LogP contribution in [0.4, 0.5) is 9.59 Å². The summed E-state index contributed by atoms with van der Waals surface area (Å²) >= 11 is 8.47. The van der Waals surface area contributed by atoms with E-state index in [-0.39, 0.29) is 29.1 Å². The largest absolute Gasteiger partial charge is 0.453 e. The number of hydrogen-bond acceptors (Lipinski definition) is 9. The molecule has 16 heteroatoms. The summed E-state index contributed by atoms with van der Waals surface area (Å²) in [7, 11) is 2.55. The highest BCUT2D eigenvalue weighted by atomic mass is 35.5. The molecule has 0 spiro atoms. The van der Waals surface area contributed by atoms with Crippen molar-refractivity contribution in [3.63, 3.8) is 0 Å². The third-order valence-electron chi connectivity index (χ3n) is 11.7. The van der Waals surface area contributed by atoms with Crippen molar-refractivity contribution in [3.05, 3.63) is 143 Å². The van der Waals surface area contributed by atoms with Gasteiger partial charge in [-0.3, -0.25) is 9.59 Å². The van der Waals surface area contributed by atoms with Gasteiger partial charge in [0.25, 0.3) is 11.8 Å². The maximum absolute atomic E-state index is 14.2. The second-order valence-corrected chi connectivity index (χ2v) is 16.9. The molecule has 2 aromatic heterocycles. The second-order valence-electron chi connectivity index (χ2n) is 15.4. The van der Waals surface area contributed by atoms with Crippen molar-refractivity contribution >= 4 is 47.4 Å². The topological polar surface area (TPSA) is 175 Å². The molecule has 324 valence electrons. The number of ether oxygens (including phenoxy) is 2. The van der Waals surface area contributed by atoms with Crippen LogP contribution in [0, 0.1) is 0 Å². The number of H-pyrrole nitrogens is 2. The number of likely N-dealkylation sites (tertiary alicyclic amines) is 2. The molecular formula is C47H47ClN8O6S. The van der Waals surface area contributed by atoms with E-state index in [0.717, 1.165) is 34.4 Å². The van der Waals surface area contributed by atoms with Crippen LogP contribution < -0.4 is 10.6 Å². The monoisotopic (exact) mass is 886 g/mol. The van der Waals surface area contributed by atoms with Gasteiger partial charge in [-0.2, -0.15) is 11.8 Å². The van der Waals surface area contributed by atoms with E-state index >= 15 is 0 Å². The number of alkyl carbamates (subject to hydrolysis) is 2. The molecule has 0 unspecified atom stereocenters. The van der Waals surface area contributed by atoms with E-state index in [9.17, 15) is 19.2 Å². The molecule has 4 heterocycles. The van der Waals surface area contributed by atoms with E-state index in [4.69, 9.17) is 31.0 Å². The molecule has 0 saturated carbocycles. The maximum atomic E-state index is 14.2. The van der Waals surface area contributed by atoms with Crippen LogP contribution in [-0.4, -0.2) is 92.6 Å². The second kappa shape index (κ2) is 19.2. The molecule has 0 radical (unpaired) electrons. The predicted molar refractivity (Wildman–Crippen MR) is 242 cm³/mol. The molecule has 0 aliphatic carbocycles. The minimum absolute atomic E-state index is 0.198. The van der Waals surface area contributed by atoms with Crippen molar-refractivity contribution in [2.24, 2.45) is 0 Å². The average Bonchev–Trinajstić information content (AvgIpc) is 4.17. The predicted octanol–water partition coefficient (Wildman–Crippen LogP) is 8.65. The molecule has 5 atom stereocenters. The number of halogens is 1. The van der Waals surface area contributed by atoms with E-state index in [1.807, 2.05) is 103 Å². The fraction of sp³-hybridized carbons (Fsp3) is 0.277. The molecule has 2 fully saturated rings. The average molecular weight is 887 g/mol. The highest BCUT2D eigenvalue weighted by molar-refractivity contribution is 7.99. The van der Waals surface area contributed by atoms with Gasteiger partial charge in [0.15, 0.2) is 0 Å². The Balaban J connectivity index is 0.957. The smallest absolute Gasteiger partial charge is 0.407 e. The van der Waals surface area contributed by atoms with Gasteiger partial charge >= 0.3 is 12.2 Å². The Morgan fingerprint density at radius 3 is 1.81 bits per heavy atom. The standard InChI is InChI=1S/C47H47ClN8O6S/c1-61-46(59)52-39(31-11-6-4-7-12-31)44(57)55-24-10-15-36(55)43-51-38(41(48)54-43)33-22-18-29(19-23-33)28-16-20-30(21-17-28)35-26-49-42(50-35)37-25-34(63-3)27-56(37)45(58)40(53-47(60)62-2)32-13-8-5-9-14-32/h4-9,11-14,16-23,26,34,36-37,39-40H,10,15,24-25,27H2,1-3H3,(H,49,50)(H,51,54)(H,52,59)(H,53,60)/t34-,36-,37-,39-,40+/m0/s1. The van der Waals surface area contributed by atoms with Crippen LogP contribution in [0.15, 0.2) is 115 Å². The Hall–Kier alpha value is -6.58. The lowest BCUT2D eigenvalue weighted by molar-refractivity contribution is -0.135. The first-order valence-corrected chi connectivity index (χ1v) is 22.3. The molecule has 2 aliphatic heterocycles. The van der Waals surface area contributed by atoms with Crippen LogP contribution in [0.5, 0.6) is 0 Å². The maximum Gasteiger partial charge on any atom is 0.407 e. The number of benzene rings is 4. The van der Waals surface area contributed by atoms with E-state index in [0.29, 0.717) is 59.6 Å². The van der Waals surface area contributed by atoms with Crippen molar-refractivity contribution in [1.82, 2.24) is 40.4 Å². The molecule has 8 rings (SSSR count).